The number of hydrogen-bond donors (Lipinski definition) is 4. The molecule has 3 aromatic carbocycles. The van der Waals surface area contributed by atoms with Gasteiger partial charge in [0.2, 0.25) is 23.6 Å². The zero-order valence-electron chi connectivity index (χ0n) is 36.2. The molecule has 15 nitrogen and oxygen atoms in total. The Bertz CT molecular complexity index is 2020. The van der Waals surface area contributed by atoms with Gasteiger partial charge in [-0.15, -0.1) is 0 Å². The van der Waals surface area contributed by atoms with Crippen LogP contribution in [0.5, 0.6) is 0 Å². The number of benzene rings is 3. The number of halogens is 1. The Morgan fingerprint density at radius 1 is 0.629 bits per heavy atom. The Hall–Kier alpha value is -5.64. The van der Waals surface area contributed by atoms with Crippen LogP contribution in [0.1, 0.15) is 101 Å². The number of nitrogens with one attached hydrogen (secondary N) is 2. The van der Waals surface area contributed by atoms with Crippen molar-refractivity contribution in [1.29, 1.82) is 0 Å². The molecular formula is C46H58BrN7O8. The monoisotopic (exact) mass is 915 g/mol. The quantitative estimate of drug-likeness (QED) is 0.161. The summed E-state index contributed by atoms with van der Waals surface area (Å²) >= 11 is 3.58. The second kappa shape index (κ2) is 18.8. The minimum atomic E-state index is -1.40. The smallest absolute Gasteiger partial charge is 0.407 e. The fourth-order valence-electron chi connectivity index (χ4n) is 9.77. The number of carbonyl (C=O) groups is 6. The second-order valence-electron chi connectivity index (χ2n) is 17.1. The van der Waals surface area contributed by atoms with Crippen molar-refractivity contribution in [3.63, 3.8) is 0 Å². The molecule has 0 spiro atoms. The van der Waals surface area contributed by atoms with Gasteiger partial charge in [-0.1, -0.05) is 92.2 Å². The molecule has 16 heteroatoms. The molecular weight excluding hydrogens is 858 g/mol. The number of nitrogens with zero attached hydrogens (tertiary/aromatic N) is 3. The molecule has 0 saturated carbocycles. The highest BCUT2D eigenvalue weighted by atomic mass is 79.9. The minimum absolute atomic E-state index is 0.0782. The van der Waals surface area contributed by atoms with Gasteiger partial charge in [0.15, 0.2) is 0 Å². The third kappa shape index (κ3) is 8.45. The summed E-state index contributed by atoms with van der Waals surface area (Å²) in [5.74, 6) is -2.65. The third-order valence-electron chi connectivity index (χ3n) is 12.9. The summed E-state index contributed by atoms with van der Waals surface area (Å²) in [5, 5.41) is 5.28. The Morgan fingerprint density at radius 3 is 1.32 bits per heavy atom. The average Bonchev–Trinajstić information content (AvgIpc) is 4.03. The van der Waals surface area contributed by atoms with Crippen LogP contribution in [-0.2, 0) is 39.7 Å². The molecule has 6 N–H and O–H groups in total. The summed E-state index contributed by atoms with van der Waals surface area (Å²) in [7, 11) is 2.47. The zero-order chi connectivity index (χ0) is 45.1. The van der Waals surface area contributed by atoms with Gasteiger partial charge >= 0.3 is 12.2 Å². The van der Waals surface area contributed by atoms with Crippen LogP contribution in [0.15, 0.2) is 77.3 Å². The molecule has 6 rings (SSSR count). The SMILES string of the molecule is COC(=O)N[C@H](C(=O)N1CCC[C@@]1(C(N)=O)c1ccc([C@H]2CC[C@H](c3ccc([C@]4(C(N)=O)CCCN4C(=O)[C@@H](NC(=O)OC)C(C)C)cc3)N2c2ccc(Br)cc2)cc1)C(C)C. The van der Waals surface area contributed by atoms with E-state index in [1.54, 1.807) is 0 Å². The van der Waals surface area contributed by atoms with Crippen LogP contribution in [0, 0.1) is 11.8 Å². The van der Waals surface area contributed by atoms with Crippen LogP contribution in [0.2, 0.25) is 0 Å². The lowest BCUT2D eigenvalue weighted by Crippen LogP contribution is -2.59. The van der Waals surface area contributed by atoms with Gasteiger partial charge in [-0.25, -0.2) is 9.59 Å². The van der Waals surface area contributed by atoms with Crippen molar-refractivity contribution in [3.05, 3.63) is 99.5 Å². The van der Waals surface area contributed by atoms with Crippen molar-refractivity contribution < 1.29 is 38.2 Å². The van der Waals surface area contributed by atoms with E-state index in [0.29, 0.717) is 49.9 Å². The number of anilines is 1. The van der Waals surface area contributed by atoms with Gasteiger partial charge in [0.1, 0.15) is 23.2 Å². The summed E-state index contributed by atoms with van der Waals surface area (Å²) in [4.78, 5) is 84.9. The predicted octanol–water partition coefficient (Wildman–Crippen LogP) is 5.90. The van der Waals surface area contributed by atoms with Gasteiger partial charge in [0.05, 0.1) is 26.3 Å². The van der Waals surface area contributed by atoms with E-state index < -0.39 is 59.0 Å². The first kappa shape index (κ1) is 45.9. The number of methoxy groups -OCH3 is 2. The summed E-state index contributed by atoms with van der Waals surface area (Å²) < 4.78 is 10.5. The van der Waals surface area contributed by atoms with Gasteiger partial charge < -0.3 is 46.3 Å². The van der Waals surface area contributed by atoms with Crippen LogP contribution in [0.4, 0.5) is 15.3 Å². The first-order valence-electron chi connectivity index (χ1n) is 21.2. The maximum atomic E-state index is 14.1. The highest BCUT2D eigenvalue weighted by Gasteiger charge is 2.53. The fourth-order valence-corrected chi connectivity index (χ4v) is 10.0. The lowest BCUT2D eigenvalue weighted by Gasteiger charge is -2.39. The number of primary amides is 2. The number of alkyl carbamates (subject to hydrolysis) is 2. The molecule has 0 unspecified atom stereocenters. The number of ether oxygens (including phenoxy) is 2. The van der Waals surface area contributed by atoms with Crippen molar-refractivity contribution in [2.45, 2.75) is 101 Å². The van der Waals surface area contributed by atoms with Gasteiger partial charge in [-0.05, 0) is 96.9 Å². The first-order chi connectivity index (χ1) is 29.5. The molecule has 3 aliphatic heterocycles. The molecule has 6 atom stereocenters. The Kier molecular flexibility index (Phi) is 13.9. The molecule has 3 aliphatic rings. The maximum Gasteiger partial charge on any atom is 0.407 e. The molecule has 62 heavy (non-hydrogen) atoms. The summed E-state index contributed by atoms with van der Waals surface area (Å²) in [6.45, 7) is 7.87. The van der Waals surface area contributed by atoms with Gasteiger partial charge in [-0.2, -0.15) is 0 Å². The van der Waals surface area contributed by atoms with E-state index in [2.05, 4.69) is 43.6 Å². The largest absolute Gasteiger partial charge is 0.453 e. The van der Waals surface area contributed by atoms with E-state index in [1.807, 2.05) is 88.4 Å². The number of nitrogens with two attached hydrogens (primary N) is 2. The van der Waals surface area contributed by atoms with E-state index in [1.165, 1.54) is 24.0 Å². The topological polar surface area (TPSA) is 207 Å². The van der Waals surface area contributed by atoms with E-state index in [-0.39, 0.29) is 23.9 Å². The molecule has 3 aromatic rings. The molecule has 332 valence electrons. The molecule has 3 heterocycles. The van der Waals surface area contributed by atoms with Gasteiger partial charge in [0, 0.05) is 23.2 Å². The van der Waals surface area contributed by atoms with Crippen LogP contribution in [0.3, 0.4) is 0 Å². The van der Waals surface area contributed by atoms with Crippen molar-refractivity contribution in [3.8, 4) is 0 Å². The van der Waals surface area contributed by atoms with Crippen LogP contribution in [-0.4, -0.2) is 85.0 Å². The molecule has 3 fully saturated rings. The minimum Gasteiger partial charge on any atom is -0.453 e. The van der Waals surface area contributed by atoms with Crippen LogP contribution >= 0.6 is 15.9 Å². The molecule has 6 amide bonds. The highest BCUT2D eigenvalue weighted by molar-refractivity contribution is 9.10. The number of likely N-dealkylation sites (tertiary alicyclic amines) is 2. The average molecular weight is 917 g/mol. The van der Waals surface area contributed by atoms with E-state index in [9.17, 15) is 28.8 Å². The normalized spacial score (nSPS) is 23.3. The number of rotatable bonds is 13. The van der Waals surface area contributed by atoms with E-state index in [0.717, 1.165) is 34.1 Å². The highest BCUT2D eigenvalue weighted by Crippen LogP contribution is 2.49. The lowest BCUT2D eigenvalue weighted by molar-refractivity contribution is -0.146. The Balaban J connectivity index is 1.32. The Morgan fingerprint density at radius 2 is 1.00 bits per heavy atom. The third-order valence-corrected chi connectivity index (χ3v) is 13.5. The van der Waals surface area contributed by atoms with Crippen molar-refractivity contribution >= 4 is 57.4 Å². The summed E-state index contributed by atoms with van der Waals surface area (Å²) in [6.07, 6.45) is 1.90. The maximum absolute atomic E-state index is 14.1. The fraction of sp³-hybridized carbons (Fsp3) is 0.478. The Labute approximate surface area is 371 Å². The molecule has 0 radical (unpaired) electrons. The molecule has 3 saturated heterocycles. The van der Waals surface area contributed by atoms with Crippen molar-refractivity contribution in [1.82, 2.24) is 20.4 Å². The number of hydrogen-bond acceptors (Lipinski definition) is 9. The molecule has 0 aliphatic carbocycles. The van der Waals surface area contributed by atoms with Crippen molar-refractivity contribution in [2.75, 3.05) is 32.2 Å². The zero-order valence-corrected chi connectivity index (χ0v) is 37.8. The van der Waals surface area contributed by atoms with Gasteiger partial charge in [0.25, 0.3) is 0 Å². The van der Waals surface area contributed by atoms with Crippen LogP contribution < -0.4 is 27.0 Å². The van der Waals surface area contributed by atoms with E-state index in [4.69, 9.17) is 20.9 Å². The van der Waals surface area contributed by atoms with E-state index >= 15 is 0 Å². The predicted molar refractivity (Wildman–Crippen MR) is 236 cm³/mol. The molecule has 0 aromatic heterocycles. The first-order valence-corrected chi connectivity index (χ1v) is 22.0. The van der Waals surface area contributed by atoms with Crippen LogP contribution in [0.25, 0.3) is 0 Å². The van der Waals surface area contributed by atoms with Crippen molar-refractivity contribution in [2.24, 2.45) is 23.3 Å². The second-order valence-corrected chi connectivity index (χ2v) is 18.0. The summed E-state index contributed by atoms with van der Waals surface area (Å²) in [5.41, 5.74) is 13.8. The van der Waals surface area contributed by atoms with Gasteiger partial charge in [-0.3, -0.25) is 19.2 Å². The standard InChI is InChI=1S/C46H58BrN7O8/c1-27(2)37(50-43(59)61-5)39(55)52-25-7-23-45(52,41(48)57)31-13-9-29(10-14-31)35-21-22-36(54(35)34-19-17-33(47)18-20-34)30-11-15-32(16-12-30)46(42(49)58)24-8-26-53(46)40(56)38(28(3)4)51-44(60)62-6/h9-20,27-28,35-38H,7-8,21-26H2,1-6H3,(H2,48,57)(H2,49,58)(H,50,59)(H,51,60)/t35-,36-,37+,38+,45+,46+/m1/s1. The lowest BCUT2D eigenvalue weighted by atomic mass is 9.84. The number of amides is 6. The summed E-state index contributed by atoms with van der Waals surface area (Å²) in [6, 6.07) is 21.6. The number of carbonyl (C=O) groups excluding carboxylic acids is 6. The molecule has 0 bridgehead atoms.